The van der Waals surface area contributed by atoms with E-state index in [0.29, 0.717) is 6.04 Å². The Kier molecular flexibility index (Phi) is 6.61. The van der Waals surface area contributed by atoms with Crippen LogP contribution in [0.25, 0.3) is 0 Å². The fraction of sp³-hybridized carbons (Fsp3) is 0.300. The lowest BCUT2D eigenvalue weighted by Crippen LogP contribution is -2.11. The van der Waals surface area contributed by atoms with Gasteiger partial charge in [-0.3, -0.25) is 0 Å². The second-order valence-corrected chi connectivity index (χ2v) is 4.28. The van der Waals surface area contributed by atoms with E-state index in [2.05, 4.69) is 4.98 Å². The summed E-state index contributed by atoms with van der Waals surface area (Å²) in [7, 11) is 0. The Morgan fingerprint density at radius 2 is 1.72 bits per heavy atom. The van der Waals surface area contributed by atoms with Gasteiger partial charge in [-0.05, 0) is 6.04 Å². The smallest absolute Gasteiger partial charge is 0.355 e. The van der Waals surface area contributed by atoms with Gasteiger partial charge in [-0.25, -0.2) is 14.6 Å². The molecule has 0 aliphatic heterocycles. The van der Waals surface area contributed by atoms with Gasteiger partial charge >= 0.3 is 11.9 Å². The van der Waals surface area contributed by atoms with Crippen LogP contribution in [0.15, 0.2) is 6.20 Å². The highest BCUT2D eigenvalue weighted by atomic mass is 35.5. The van der Waals surface area contributed by atoms with E-state index in [9.17, 15) is 9.59 Å². The SMILES string of the molecule is CC(C)N.O=C(O)c1ncc(Cl)c(Cl)c1C(=O)O. The van der Waals surface area contributed by atoms with Crippen LogP contribution in [-0.4, -0.2) is 33.2 Å². The van der Waals surface area contributed by atoms with Gasteiger partial charge in [0.1, 0.15) is 5.56 Å². The molecule has 0 aliphatic rings. The lowest BCUT2D eigenvalue weighted by molar-refractivity contribution is 0.0646. The molecule has 1 aromatic rings. The highest BCUT2D eigenvalue weighted by molar-refractivity contribution is 6.44. The van der Waals surface area contributed by atoms with E-state index in [-0.39, 0.29) is 10.0 Å². The number of aromatic carboxylic acids is 2. The Morgan fingerprint density at radius 3 is 2.06 bits per heavy atom. The summed E-state index contributed by atoms with van der Waals surface area (Å²) in [6, 6.07) is 0.333. The Hall–Kier alpha value is -1.37. The molecule has 1 rings (SSSR count). The maximum Gasteiger partial charge on any atom is 0.355 e. The summed E-state index contributed by atoms with van der Waals surface area (Å²) < 4.78 is 0. The number of aromatic nitrogens is 1. The standard InChI is InChI=1S/C7H3Cl2NO4.C3H9N/c8-2-1-10-5(7(13)14)3(4(2)9)6(11)12;1-3(2)4/h1H,(H,11,12)(H,13,14);3H,4H2,1-2H3. The average Bonchev–Trinajstić information content (AvgIpc) is 2.19. The molecule has 0 spiro atoms. The lowest BCUT2D eigenvalue weighted by Gasteiger charge is -2.03. The number of hydrogen-bond donors (Lipinski definition) is 3. The molecule has 0 aliphatic carbocycles. The minimum absolute atomic E-state index is 0.103. The van der Waals surface area contributed by atoms with Crippen LogP contribution in [-0.2, 0) is 0 Å². The van der Waals surface area contributed by atoms with Crippen LogP contribution in [0, 0.1) is 0 Å². The number of nitrogens with two attached hydrogens (primary N) is 1. The number of pyridine rings is 1. The summed E-state index contributed by atoms with van der Waals surface area (Å²) in [5.74, 6) is -2.96. The van der Waals surface area contributed by atoms with Gasteiger partial charge in [-0.15, -0.1) is 0 Å². The first-order valence-corrected chi connectivity index (χ1v) is 5.50. The maximum absolute atomic E-state index is 10.7. The van der Waals surface area contributed by atoms with Gasteiger partial charge in [0.15, 0.2) is 5.69 Å². The number of rotatable bonds is 2. The predicted molar refractivity (Wildman–Crippen MR) is 67.5 cm³/mol. The molecule has 0 radical (unpaired) electrons. The fourth-order valence-electron chi connectivity index (χ4n) is 0.823. The van der Waals surface area contributed by atoms with Crippen LogP contribution in [0.3, 0.4) is 0 Å². The molecule has 0 aromatic carbocycles. The highest BCUT2D eigenvalue weighted by Gasteiger charge is 2.22. The Morgan fingerprint density at radius 1 is 1.28 bits per heavy atom. The van der Waals surface area contributed by atoms with Crippen LogP contribution >= 0.6 is 23.2 Å². The van der Waals surface area contributed by atoms with Crippen molar-refractivity contribution >= 4 is 35.1 Å². The molecule has 0 unspecified atom stereocenters. The zero-order valence-electron chi connectivity index (χ0n) is 9.65. The first-order valence-electron chi connectivity index (χ1n) is 4.74. The summed E-state index contributed by atoms with van der Waals surface area (Å²) in [5, 5.41) is 16.8. The summed E-state index contributed by atoms with van der Waals surface area (Å²) in [5.41, 5.74) is 3.87. The predicted octanol–water partition coefficient (Wildman–Crippen LogP) is 2.14. The minimum Gasteiger partial charge on any atom is -0.478 e. The molecule has 6 nitrogen and oxygen atoms in total. The zero-order valence-corrected chi connectivity index (χ0v) is 11.2. The number of carbonyl (C=O) groups is 2. The first kappa shape index (κ1) is 16.6. The molecule has 18 heavy (non-hydrogen) atoms. The molecule has 0 saturated heterocycles. The fourth-order valence-corrected chi connectivity index (χ4v) is 1.19. The third kappa shape index (κ3) is 4.87. The second kappa shape index (κ2) is 7.15. The largest absolute Gasteiger partial charge is 0.478 e. The maximum atomic E-state index is 10.7. The van der Waals surface area contributed by atoms with Gasteiger partial charge in [0.05, 0.1) is 10.0 Å². The van der Waals surface area contributed by atoms with Crippen LogP contribution in [0.5, 0.6) is 0 Å². The first-order chi connectivity index (χ1) is 8.18. The molecule has 4 N–H and O–H groups in total. The lowest BCUT2D eigenvalue weighted by atomic mass is 10.2. The Labute approximate surface area is 113 Å². The number of carboxylic acid groups (broad SMARTS) is 2. The number of carboxylic acids is 2. The van der Waals surface area contributed by atoms with Gasteiger partial charge in [-0.2, -0.15) is 0 Å². The van der Waals surface area contributed by atoms with Crippen molar-refractivity contribution in [3.05, 3.63) is 27.5 Å². The molecule has 0 atom stereocenters. The number of halogens is 2. The van der Waals surface area contributed by atoms with E-state index in [1.165, 1.54) is 0 Å². The number of hydrogen-bond acceptors (Lipinski definition) is 4. The molecule has 100 valence electrons. The zero-order chi connectivity index (χ0) is 14.5. The van der Waals surface area contributed by atoms with Crippen LogP contribution < -0.4 is 5.73 Å². The molecular weight excluding hydrogens is 283 g/mol. The molecule has 0 fully saturated rings. The van der Waals surface area contributed by atoms with E-state index in [1.807, 2.05) is 13.8 Å². The van der Waals surface area contributed by atoms with Gasteiger partial charge in [0.25, 0.3) is 0 Å². The minimum atomic E-state index is -1.48. The highest BCUT2D eigenvalue weighted by Crippen LogP contribution is 2.26. The third-order valence-corrected chi connectivity index (χ3v) is 2.17. The normalized spacial score (nSPS) is 9.67. The van der Waals surface area contributed by atoms with Gasteiger partial charge in [0.2, 0.25) is 0 Å². The van der Waals surface area contributed by atoms with Crippen molar-refractivity contribution in [2.75, 3.05) is 0 Å². The molecule has 1 heterocycles. The van der Waals surface area contributed by atoms with Gasteiger partial charge in [-0.1, -0.05) is 37.0 Å². The monoisotopic (exact) mass is 294 g/mol. The van der Waals surface area contributed by atoms with E-state index >= 15 is 0 Å². The van der Waals surface area contributed by atoms with Crippen LogP contribution in [0.2, 0.25) is 10.0 Å². The summed E-state index contributed by atoms with van der Waals surface area (Å²) in [4.78, 5) is 24.6. The summed E-state index contributed by atoms with van der Waals surface area (Å²) >= 11 is 11.0. The van der Waals surface area contributed by atoms with Crippen LogP contribution in [0.4, 0.5) is 0 Å². The van der Waals surface area contributed by atoms with Crippen molar-refractivity contribution in [2.24, 2.45) is 5.73 Å². The summed E-state index contributed by atoms with van der Waals surface area (Å²) in [6.45, 7) is 3.89. The van der Waals surface area contributed by atoms with Gasteiger partial charge < -0.3 is 15.9 Å². The van der Waals surface area contributed by atoms with Crippen LogP contribution in [0.1, 0.15) is 34.7 Å². The van der Waals surface area contributed by atoms with Crippen molar-refractivity contribution in [2.45, 2.75) is 19.9 Å². The van der Waals surface area contributed by atoms with Crippen molar-refractivity contribution in [3.63, 3.8) is 0 Å². The summed E-state index contributed by atoms with van der Waals surface area (Å²) in [6.07, 6.45) is 0.986. The molecular formula is C10H12Cl2N2O4. The van der Waals surface area contributed by atoms with E-state index < -0.39 is 23.2 Å². The molecule has 0 saturated carbocycles. The molecule has 0 amide bonds. The van der Waals surface area contributed by atoms with Crippen molar-refractivity contribution in [1.82, 2.24) is 4.98 Å². The Balaban J connectivity index is 0.000000631. The molecule has 0 bridgehead atoms. The Bertz CT molecular complexity index is 461. The third-order valence-electron chi connectivity index (χ3n) is 1.39. The number of nitrogens with zero attached hydrogens (tertiary/aromatic N) is 1. The van der Waals surface area contributed by atoms with E-state index in [0.717, 1.165) is 6.20 Å². The topological polar surface area (TPSA) is 114 Å². The van der Waals surface area contributed by atoms with Crippen molar-refractivity contribution < 1.29 is 19.8 Å². The van der Waals surface area contributed by atoms with Gasteiger partial charge in [0, 0.05) is 6.20 Å². The molecule has 8 heteroatoms. The second-order valence-electron chi connectivity index (χ2n) is 3.50. The quantitative estimate of drug-likeness (QED) is 0.770. The van der Waals surface area contributed by atoms with E-state index in [1.54, 1.807) is 0 Å². The molecule has 1 aromatic heterocycles. The average molecular weight is 295 g/mol. The van der Waals surface area contributed by atoms with E-state index in [4.69, 9.17) is 39.1 Å². The van der Waals surface area contributed by atoms with Crippen molar-refractivity contribution in [1.29, 1.82) is 0 Å². The van der Waals surface area contributed by atoms with Crippen molar-refractivity contribution in [3.8, 4) is 0 Å².